The van der Waals surface area contributed by atoms with E-state index in [0.29, 0.717) is 0 Å². The molecule has 1 aromatic carbocycles. The Hall–Kier alpha value is -2.51. The van der Waals surface area contributed by atoms with Gasteiger partial charge in [-0.2, -0.15) is 13.2 Å². The Kier molecular flexibility index (Phi) is 2.93. The normalized spacial score (nSPS) is 11.5. The average molecular weight is 272 g/mol. The minimum atomic E-state index is -4.47. The lowest BCUT2D eigenvalue weighted by Gasteiger charge is -2.07. The SMILES string of the molecule is O=C(O)c1c[nH]n(-c2ccc(C(F)(F)F)cc2)c1=O. The van der Waals surface area contributed by atoms with Crippen molar-refractivity contribution in [1.29, 1.82) is 0 Å². The first-order valence-electron chi connectivity index (χ1n) is 5.02. The van der Waals surface area contributed by atoms with Gasteiger partial charge in [-0.1, -0.05) is 0 Å². The second-order valence-corrected chi connectivity index (χ2v) is 3.68. The maximum atomic E-state index is 12.4. The van der Waals surface area contributed by atoms with Crippen molar-refractivity contribution in [3.63, 3.8) is 0 Å². The summed E-state index contributed by atoms with van der Waals surface area (Å²) in [6, 6.07) is 3.77. The number of halogens is 3. The van der Waals surface area contributed by atoms with Gasteiger partial charge in [0.25, 0.3) is 5.56 Å². The van der Waals surface area contributed by atoms with Gasteiger partial charge in [0.15, 0.2) is 0 Å². The Morgan fingerprint density at radius 1 is 1.21 bits per heavy atom. The number of hydrogen-bond acceptors (Lipinski definition) is 2. The molecule has 100 valence electrons. The zero-order valence-electron chi connectivity index (χ0n) is 9.23. The first-order chi connectivity index (χ1) is 8.80. The van der Waals surface area contributed by atoms with Crippen molar-refractivity contribution >= 4 is 5.97 Å². The number of rotatable bonds is 2. The summed E-state index contributed by atoms with van der Waals surface area (Å²) < 4.78 is 37.9. The Labute approximate surface area is 103 Å². The summed E-state index contributed by atoms with van der Waals surface area (Å²) in [4.78, 5) is 22.3. The van der Waals surface area contributed by atoms with E-state index in [4.69, 9.17) is 5.11 Å². The number of aromatic nitrogens is 2. The van der Waals surface area contributed by atoms with Crippen molar-refractivity contribution in [1.82, 2.24) is 9.78 Å². The van der Waals surface area contributed by atoms with Crippen molar-refractivity contribution in [2.24, 2.45) is 0 Å². The zero-order chi connectivity index (χ0) is 14.2. The fourth-order valence-electron chi connectivity index (χ4n) is 1.51. The molecule has 0 atom stereocenters. The van der Waals surface area contributed by atoms with Gasteiger partial charge in [-0.15, -0.1) is 0 Å². The first-order valence-corrected chi connectivity index (χ1v) is 5.02. The van der Waals surface area contributed by atoms with Crippen molar-refractivity contribution in [2.45, 2.75) is 6.18 Å². The Balaban J connectivity index is 2.44. The lowest BCUT2D eigenvalue weighted by molar-refractivity contribution is -0.137. The number of hydrogen-bond donors (Lipinski definition) is 2. The van der Waals surface area contributed by atoms with E-state index in [1.807, 2.05) is 0 Å². The molecule has 0 aliphatic heterocycles. The molecule has 2 aromatic rings. The minimum Gasteiger partial charge on any atom is -0.477 e. The molecule has 2 rings (SSSR count). The van der Waals surface area contributed by atoms with Crippen LogP contribution in [0.3, 0.4) is 0 Å². The molecule has 0 bridgehead atoms. The average Bonchev–Trinajstić information content (AvgIpc) is 2.70. The molecular weight excluding hydrogens is 265 g/mol. The number of aromatic carboxylic acids is 1. The van der Waals surface area contributed by atoms with Gasteiger partial charge in [-0.25, -0.2) is 9.48 Å². The van der Waals surface area contributed by atoms with Crippen LogP contribution in [0.1, 0.15) is 15.9 Å². The third-order valence-electron chi connectivity index (χ3n) is 2.45. The summed E-state index contributed by atoms with van der Waals surface area (Å²) in [6.45, 7) is 0. The van der Waals surface area contributed by atoms with Crippen LogP contribution in [0.2, 0.25) is 0 Å². The standard InChI is InChI=1S/C11H7F3N2O3/c12-11(13,14)6-1-3-7(4-2-6)16-9(17)8(5-15-16)10(18)19/h1-5,15H,(H,18,19). The fraction of sp³-hybridized carbons (Fsp3) is 0.0909. The van der Waals surface area contributed by atoms with Gasteiger partial charge in [-0.05, 0) is 24.3 Å². The molecule has 0 saturated carbocycles. The number of carboxylic acid groups (broad SMARTS) is 1. The van der Waals surface area contributed by atoms with Crippen LogP contribution >= 0.6 is 0 Å². The van der Waals surface area contributed by atoms with Crippen LogP contribution < -0.4 is 5.56 Å². The van der Waals surface area contributed by atoms with Crippen LogP contribution in [0.5, 0.6) is 0 Å². The third-order valence-corrected chi connectivity index (χ3v) is 2.45. The van der Waals surface area contributed by atoms with Crippen LogP contribution in [-0.2, 0) is 6.18 Å². The largest absolute Gasteiger partial charge is 0.477 e. The van der Waals surface area contributed by atoms with Gasteiger partial charge in [0.1, 0.15) is 5.56 Å². The molecule has 0 amide bonds. The van der Waals surface area contributed by atoms with Gasteiger partial charge in [-0.3, -0.25) is 9.89 Å². The number of carboxylic acids is 1. The Bertz CT molecular complexity index is 668. The quantitative estimate of drug-likeness (QED) is 0.876. The van der Waals surface area contributed by atoms with Crippen molar-refractivity contribution in [2.75, 3.05) is 0 Å². The summed E-state index contributed by atoms with van der Waals surface area (Å²) in [5.74, 6) is -1.41. The topological polar surface area (TPSA) is 75.1 Å². The predicted octanol–water partition coefficient (Wildman–Crippen LogP) is 1.88. The fourth-order valence-corrected chi connectivity index (χ4v) is 1.51. The highest BCUT2D eigenvalue weighted by Gasteiger charge is 2.30. The molecule has 1 aromatic heterocycles. The highest BCUT2D eigenvalue weighted by atomic mass is 19.4. The molecule has 0 aliphatic carbocycles. The van der Waals surface area contributed by atoms with Crippen LogP contribution in [0.25, 0.3) is 5.69 Å². The van der Waals surface area contributed by atoms with E-state index in [0.717, 1.165) is 35.1 Å². The van der Waals surface area contributed by atoms with E-state index in [-0.39, 0.29) is 5.69 Å². The number of nitrogens with one attached hydrogen (secondary N) is 1. The number of aromatic amines is 1. The lowest BCUT2D eigenvalue weighted by atomic mass is 10.2. The van der Waals surface area contributed by atoms with Gasteiger partial charge in [0.2, 0.25) is 0 Å². The molecule has 0 radical (unpaired) electrons. The summed E-state index contributed by atoms with van der Waals surface area (Å²) in [5.41, 5.74) is -2.06. The van der Waals surface area contributed by atoms with Crippen molar-refractivity contribution in [3.05, 3.63) is 51.9 Å². The van der Waals surface area contributed by atoms with E-state index in [2.05, 4.69) is 5.10 Å². The van der Waals surface area contributed by atoms with E-state index in [1.54, 1.807) is 0 Å². The molecule has 5 nitrogen and oxygen atoms in total. The lowest BCUT2D eigenvalue weighted by Crippen LogP contribution is -2.20. The number of carbonyl (C=O) groups is 1. The molecule has 8 heteroatoms. The maximum absolute atomic E-state index is 12.4. The highest BCUT2D eigenvalue weighted by Crippen LogP contribution is 2.29. The number of nitrogens with zero attached hydrogens (tertiary/aromatic N) is 1. The zero-order valence-corrected chi connectivity index (χ0v) is 9.23. The van der Waals surface area contributed by atoms with Crippen LogP contribution in [0.4, 0.5) is 13.2 Å². The van der Waals surface area contributed by atoms with Crippen LogP contribution in [-0.4, -0.2) is 20.9 Å². The molecule has 0 unspecified atom stereocenters. The van der Waals surface area contributed by atoms with Crippen molar-refractivity contribution < 1.29 is 23.1 Å². The number of alkyl halides is 3. The minimum absolute atomic E-state index is 0.116. The van der Waals surface area contributed by atoms with Gasteiger partial charge < -0.3 is 5.11 Å². The van der Waals surface area contributed by atoms with Crippen molar-refractivity contribution in [3.8, 4) is 5.69 Å². The van der Waals surface area contributed by atoms with E-state index < -0.39 is 28.8 Å². The monoisotopic (exact) mass is 272 g/mol. The molecular formula is C11H7F3N2O3. The number of benzene rings is 1. The summed E-state index contributed by atoms with van der Waals surface area (Å²) in [5, 5.41) is 11.1. The molecule has 0 saturated heterocycles. The summed E-state index contributed by atoms with van der Waals surface area (Å²) in [6.07, 6.45) is -3.49. The summed E-state index contributed by atoms with van der Waals surface area (Å²) in [7, 11) is 0. The molecule has 2 N–H and O–H groups in total. The van der Waals surface area contributed by atoms with Gasteiger partial charge >= 0.3 is 12.1 Å². The van der Waals surface area contributed by atoms with Gasteiger partial charge in [0.05, 0.1) is 11.3 Å². The Morgan fingerprint density at radius 2 is 1.79 bits per heavy atom. The van der Waals surface area contributed by atoms with E-state index >= 15 is 0 Å². The van der Waals surface area contributed by atoms with Crippen LogP contribution in [0, 0.1) is 0 Å². The second-order valence-electron chi connectivity index (χ2n) is 3.68. The predicted molar refractivity (Wildman–Crippen MR) is 58.4 cm³/mol. The highest BCUT2D eigenvalue weighted by molar-refractivity contribution is 5.86. The molecule has 19 heavy (non-hydrogen) atoms. The third kappa shape index (κ3) is 2.37. The van der Waals surface area contributed by atoms with Gasteiger partial charge in [0, 0.05) is 6.20 Å². The smallest absolute Gasteiger partial charge is 0.416 e. The Morgan fingerprint density at radius 3 is 2.21 bits per heavy atom. The first kappa shape index (κ1) is 12.9. The summed E-state index contributed by atoms with van der Waals surface area (Å²) >= 11 is 0. The second kappa shape index (κ2) is 4.30. The molecule has 1 heterocycles. The van der Waals surface area contributed by atoms with E-state index in [9.17, 15) is 22.8 Å². The molecule has 0 spiro atoms. The van der Waals surface area contributed by atoms with Crippen LogP contribution in [0.15, 0.2) is 35.3 Å². The molecule has 0 aliphatic rings. The molecule has 0 fully saturated rings. The number of H-pyrrole nitrogens is 1. The van der Waals surface area contributed by atoms with E-state index in [1.165, 1.54) is 0 Å². The maximum Gasteiger partial charge on any atom is 0.416 e.